The molecular weight excluding hydrogens is 238 g/mol. The highest BCUT2D eigenvalue weighted by Gasteiger charge is 2.38. The number of anilines is 1. The SMILES string of the molecule is Cc1cc(C)nc(NC(=O)C2(CN)CCCCC2)c1. The van der Waals surface area contributed by atoms with Crippen LogP contribution in [0.5, 0.6) is 0 Å². The minimum atomic E-state index is -0.391. The molecule has 0 bridgehead atoms. The molecule has 1 aliphatic rings. The second-order valence-electron chi connectivity index (χ2n) is 5.67. The number of aryl methyl sites for hydroxylation is 2. The number of carbonyl (C=O) groups is 1. The highest BCUT2D eigenvalue weighted by molar-refractivity contribution is 5.94. The van der Waals surface area contributed by atoms with Crippen molar-refractivity contribution in [3.8, 4) is 0 Å². The first-order valence-corrected chi connectivity index (χ1v) is 7.02. The maximum absolute atomic E-state index is 12.5. The van der Waals surface area contributed by atoms with E-state index in [-0.39, 0.29) is 5.91 Å². The van der Waals surface area contributed by atoms with Crippen LogP contribution in [0.3, 0.4) is 0 Å². The maximum atomic E-state index is 12.5. The average Bonchev–Trinajstić information content (AvgIpc) is 2.38. The summed E-state index contributed by atoms with van der Waals surface area (Å²) in [5.41, 5.74) is 7.50. The van der Waals surface area contributed by atoms with Crippen LogP contribution in [-0.2, 0) is 4.79 Å². The van der Waals surface area contributed by atoms with Crippen molar-refractivity contribution in [1.29, 1.82) is 0 Å². The van der Waals surface area contributed by atoms with E-state index in [4.69, 9.17) is 5.73 Å². The number of aromatic nitrogens is 1. The van der Waals surface area contributed by atoms with E-state index < -0.39 is 5.41 Å². The third kappa shape index (κ3) is 3.13. The lowest BCUT2D eigenvalue weighted by Crippen LogP contribution is -2.44. The lowest BCUT2D eigenvalue weighted by molar-refractivity contribution is -0.126. The van der Waals surface area contributed by atoms with Crippen LogP contribution < -0.4 is 11.1 Å². The molecule has 4 heteroatoms. The molecule has 0 atom stereocenters. The van der Waals surface area contributed by atoms with Gasteiger partial charge >= 0.3 is 0 Å². The van der Waals surface area contributed by atoms with Gasteiger partial charge in [-0.25, -0.2) is 4.98 Å². The van der Waals surface area contributed by atoms with Gasteiger partial charge in [0.25, 0.3) is 0 Å². The van der Waals surface area contributed by atoms with Gasteiger partial charge in [0.1, 0.15) is 5.82 Å². The van der Waals surface area contributed by atoms with Crippen molar-refractivity contribution in [3.63, 3.8) is 0 Å². The number of nitrogens with two attached hydrogens (primary N) is 1. The van der Waals surface area contributed by atoms with E-state index in [2.05, 4.69) is 10.3 Å². The third-order valence-electron chi connectivity index (χ3n) is 4.02. The zero-order chi connectivity index (χ0) is 13.9. The standard InChI is InChI=1S/C15H23N3O/c1-11-8-12(2)17-13(9-11)18-14(19)15(10-16)6-4-3-5-7-15/h8-9H,3-7,10,16H2,1-2H3,(H,17,18,19). The van der Waals surface area contributed by atoms with E-state index in [1.807, 2.05) is 26.0 Å². The molecule has 0 unspecified atom stereocenters. The lowest BCUT2D eigenvalue weighted by Gasteiger charge is -2.34. The van der Waals surface area contributed by atoms with Gasteiger partial charge in [0.2, 0.25) is 5.91 Å². The van der Waals surface area contributed by atoms with Crippen molar-refractivity contribution in [3.05, 3.63) is 23.4 Å². The zero-order valence-electron chi connectivity index (χ0n) is 11.8. The Balaban J connectivity index is 2.14. The first kappa shape index (κ1) is 14.0. The maximum Gasteiger partial charge on any atom is 0.233 e. The second-order valence-corrected chi connectivity index (χ2v) is 5.67. The van der Waals surface area contributed by atoms with Gasteiger partial charge in [-0.1, -0.05) is 19.3 Å². The van der Waals surface area contributed by atoms with Gasteiger partial charge < -0.3 is 11.1 Å². The molecule has 0 radical (unpaired) electrons. The Kier molecular flexibility index (Phi) is 4.20. The largest absolute Gasteiger partial charge is 0.329 e. The molecule has 1 aromatic heterocycles. The monoisotopic (exact) mass is 261 g/mol. The van der Waals surface area contributed by atoms with Crippen molar-refractivity contribution in [2.24, 2.45) is 11.1 Å². The molecule has 0 saturated heterocycles. The quantitative estimate of drug-likeness (QED) is 0.878. The Labute approximate surface area is 114 Å². The van der Waals surface area contributed by atoms with E-state index in [1.54, 1.807) is 0 Å². The van der Waals surface area contributed by atoms with Crippen LogP contribution >= 0.6 is 0 Å². The van der Waals surface area contributed by atoms with E-state index in [0.29, 0.717) is 12.4 Å². The number of hydrogen-bond donors (Lipinski definition) is 2. The molecule has 3 N–H and O–H groups in total. The normalized spacial score (nSPS) is 18.1. The van der Waals surface area contributed by atoms with Crippen LogP contribution in [0.4, 0.5) is 5.82 Å². The van der Waals surface area contributed by atoms with Crippen molar-refractivity contribution in [1.82, 2.24) is 4.98 Å². The molecule has 2 rings (SSSR count). The van der Waals surface area contributed by atoms with Crippen LogP contribution in [0.15, 0.2) is 12.1 Å². The van der Waals surface area contributed by atoms with Crippen LogP contribution in [0.1, 0.15) is 43.4 Å². The topological polar surface area (TPSA) is 68.0 Å². The first-order valence-electron chi connectivity index (χ1n) is 7.02. The van der Waals surface area contributed by atoms with Crippen molar-refractivity contribution >= 4 is 11.7 Å². The highest BCUT2D eigenvalue weighted by Crippen LogP contribution is 2.36. The Morgan fingerprint density at radius 1 is 1.32 bits per heavy atom. The summed E-state index contributed by atoms with van der Waals surface area (Å²) >= 11 is 0. The van der Waals surface area contributed by atoms with Gasteiger partial charge in [-0.05, 0) is 44.4 Å². The number of amides is 1. The average molecular weight is 261 g/mol. The predicted molar refractivity (Wildman–Crippen MR) is 76.9 cm³/mol. The minimum absolute atomic E-state index is 0.0344. The van der Waals surface area contributed by atoms with Crippen molar-refractivity contribution in [2.75, 3.05) is 11.9 Å². The molecule has 1 amide bonds. The number of pyridine rings is 1. The smallest absolute Gasteiger partial charge is 0.233 e. The number of nitrogens with zero attached hydrogens (tertiary/aromatic N) is 1. The fourth-order valence-corrected chi connectivity index (χ4v) is 2.91. The van der Waals surface area contributed by atoms with E-state index in [0.717, 1.165) is 36.9 Å². The second kappa shape index (κ2) is 5.70. The molecular formula is C15H23N3O. The van der Waals surface area contributed by atoms with Gasteiger partial charge in [0, 0.05) is 12.2 Å². The van der Waals surface area contributed by atoms with Gasteiger partial charge in [0.05, 0.1) is 5.41 Å². The van der Waals surface area contributed by atoms with Crippen LogP contribution in [0, 0.1) is 19.3 Å². The van der Waals surface area contributed by atoms with Crippen LogP contribution in [0.2, 0.25) is 0 Å². The minimum Gasteiger partial charge on any atom is -0.329 e. The van der Waals surface area contributed by atoms with E-state index in [1.165, 1.54) is 6.42 Å². The molecule has 0 spiro atoms. The highest BCUT2D eigenvalue weighted by atomic mass is 16.2. The molecule has 4 nitrogen and oxygen atoms in total. The predicted octanol–water partition coefficient (Wildman–Crippen LogP) is 2.55. The Bertz CT molecular complexity index is 444. The summed E-state index contributed by atoms with van der Waals surface area (Å²) in [6.07, 6.45) is 5.16. The van der Waals surface area contributed by atoms with E-state index in [9.17, 15) is 4.79 Å². The summed E-state index contributed by atoms with van der Waals surface area (Å²) in [6, 6.07) is 3.90. The summed E-state index contributed by atoms with van der Waals surface area (Å²) in [7, 11) is 0. The number of nitrogens with one attached hydrogen (secondary N) is 1. The first-order chi connectivity index (χ1) is 9.05. The number of hydrogen-bond acceptors (Lipinski definition) is 3. The zero-order valence-corrected chi connectivity index (χ0v) is 11.8. The molecule has 0 aliphatic heterocycles. The number of carbonyl (C=O) groups excluding carboxylic acids is 1. The fraction of sp³-hybridized carbons (Fsp3) is 0.600. The van der Waals surface area contributed by atoms with Gasteiger partial charge in [-0.3, -0.25) is 4.79 Å². The molecule has 1 aromatic rings. The summed E-state index contributed by atoms with van der Waals surface area (Å²) in [5.74, 6) is 0.674. The molecule has 1 saturated carbocycles. The molecule has 1 heterocycles. The Morgan fingerprint density at radius 3 is 2.58 bits per heavy atom. The van der Waals surface area contributed by atoms with E-state index >= 15 is 0 Å². The summed E-state index contributed by atoms with van der Waals surface area (Å²) in [4.78, 5) is 16.9. The summed E-state index contributed by atoms with van der Waals surface area (Å²) < 4.78 is 0. The lowest BCUT2D eigenvalue weighted by atomic mass is 9.73. The van der Waals surface area contributed by atoms with Gasteiger partial charge in [0.15, 0.2) is 0 Å². The molecule has 104 valence electrons. The summed E-state index contributed by atoms with van der Waals surface area (Å²) in [5, 5.41) is 2.96. The molecule has 1 fully saturated rings. The summed E-state index contributed by atoms with van der Waals surface area (Å²) in [6.45, 7) is 4.36. The molecule has 19 heavy (non-hydrogen) atoms. The molecule has 0 aromatic carbocycles. The number of rotatable bonds is 3. The fourth-order valence-electron chi connectivity index (χ4n) is 2.91. The van der Waals surface area contributed by atoms with Crippen molar-refractivity contribution < 1.29 is 4.79 Å². The van der Waals surface area contributed by atoms with Crippen LogP contribution in [0.25, 0.3) is 0 Å². The third-order valence-corrected chi connectivity index (χ3v) is 4.02. The van der Waals surface area contributed by atoms with Crippen LogP contribution in [-0.4, -0.2) is 17.4 Å². The van der Waals surface area contributed by atoms with Crippen molar-refractivity contribution in [2.45, 2.75) is 46.0 Å². The molecule has 1 aliphatic carbocycles. The van der Waals surface area contributed by atoms with Gasteiger partial charge in [-0.2, -0.15) is 0 Å². The van der Waals surface area contributed by atoms with Gasteiger partial charge in [-0.15, -0.1) is 0 Å². The Hall–Kier alpha value is -1.42. The Morgan fingerprint density at radius 2 is 2.00 bits per heavy atom.